The molecule has 6 rings (SSSR count). The second kappa shape index (κ2) is 4.49. The molecule has 3 fully saturated rings. The number of anilines is 1. The number of carbonyl (C=O) groups excluding carboxylic acids is 2. The average Bonchev–Trinajstić information content (AvgIpc) is 3.07. The molecule has 5 aliphatic rings. The van der Waals surface area contributed by atoms with Gasteiger partial charge >= 0.3 is 6.09 Å². The number of carbonyl (C=O) groups is 2. The van der Waals surface area contributed by atoms with Gasteiger partial charge in [0.15, 0.2) is 0 Å². The number of methoxy groups -OCH3 is 2. The van der Waals surface area contributed by atoms with E-state index in [0.717, 1.165) is 37.1 Å². The van der Waals surface area contributed by atoms with Crippen molar-refractivity contribution in [3.63, 3.8) is 0 Å². The first-order chi connectivity index (χ1) is 13.0. The van der Waals surface area contributed by atoms with Gasteiger partial charge in [-0.25, -0.2) is 4.79 Å². The third-order valence-electron chi connectivity index (χ3n) is 8.05. The third-order valence-corrected chi connectivity index (χ3v) is 8.05. The number of rotatable bonds is 1. The zero-order chi connectivity index (χ0) is 18.6. The molecule has 1 saturated heterocycles. The van der Waals surface area contributed by atoms with Gasteiger partial charge in [-0.1, -0.05) is 6.08 Å². The van der Waals surface area contributed by atoms with Crippen LogP contribution in [0.25, 0.3) is 0 Å². The Bertz CT molecular complexity index is 942. The summed E-state index contributed by atoms with van der Waals surface area (Å²) in [5.74, 6) is 1.33. The summed E-state index contributed by atoms with van der Waals surface area (Å²) in [6.07, 6.45) is 7.21. The fraction of sp³-hybridized carbons (Fsp3) is 0.524. The van der Waals surface area contributed by atoms with E-state index in [-0.39, 0.29) is 28.5 Å². The molecule has 1 aromatic carbocycles. The Balaban J connectivity index is 1.60. The summed E-state index contributed by atoms with van der Waals surface area (Å²) in [4.78, 5) is 29.3. The maximum absolute atomic E-state index is 12.9. The molecule has 0 radical (unpaired) electrons. The minimum absolute atomic E-state index is 0.108. The van der Waals surface area contributed by atoms with Crippen molar-refractivity contribution in [3.8, 4) is 5.75 Å². The van der Waals surface area contributed by atoms with Gasteiger partial charge in [-0.2, -0.15) is 0 Å². The van der Waals surface area contributed by atoms with Gasteiger partial charge in [0, 0.05) is 18.0 Å². The highest BCUT2D eigenvalue weighted by Gasteiger charge is 2.87. The molecular weight excluding hydrogens is 344 g/mol. The summed E-state index contributed by atoms with van der Waals surface area (Å²) in [6.45, 7) is 0.683. The lowest BCUT2D eigenvalue weighted by Crippen LogP contribution is -2.51. The predicted molar refractivity (Wildman–Crippen MR) is 97.8 cm³/mol. The van der Waals surface area contributed by atoms with Crippen LogP contribution in [0.3, 0.4) is 0 Å². The molecule has 2 spiro atoms. The van der Waals surface area contributed by atoms with E-state index < -0.39 is 0 Å². The number of fused-ring (bicyclic) bond motifs is 1. The van der Waals surface area contributed by atoms with Crippen LogP contribution in [0.2, 0.25) is 0 Å². The summed E-state index contributed by atoms with van der Waals surface area (Å²) < 4.78 is 10.7. The molecule has 4 atom stereocenters. The number of hydrogen-bond acceptors (Lipinski definition) is 4. The molecule has 1 aromatic rings. The number of nitrogens with zero attached hydrogens (tertiary/aromatic N) is 2. The van der Waals surface area contributed by atoms with Crippen LogP contribution in [0.5, 0.6) is 5.75 Å². The number of benzene rings is 1. The topological polar surface area (TPSA) is 59.1 Å². The first-order valence-electron chi connectivity index (χ1n) is 9.62. The summed E-state index contributed by atoms with van der Waals surface area (Å²) in [5, 5.41) is 0. The van der Waals surface area contributed by atoms with Gasteiger partial charge in [-0.15, -0.1) is 0 Å². The van der Waals surface area contributed by atoms with Gasteiger partial charge in [0.05, 0.1) is 31.0 Å². The first kappa shape index (κ1) is 15.5. The van der Waals surface area contributed by atoms with Crippen molar-refractivity contribution in [2.75, 3.05) is 25.7 Å². The van der Waals surface area contributed by atoms with Crippen molar-refractivity contribution < 1.29 is 19.1 Å². The number of ether oxygens (including phenoxy) is 2. The van der Waals surface area contributed by atoms with Crippen molar-refractivity contribution in [2.24, 2.45) is 5.92 Å². The van der Waals surface area contributed by atoms with Crippen LogP contribution in [-0.2, 0) is 14.9 Å². The standard InChI is InChI=1S/C21H22N2O4/c1-26-13-3-4-15-14(11-13)20-12-19-7-5-16(20)21(20,23(15)18(25)27-2)9-10-22(19)17(24)6-8-19/h3-4,6,8,11,16H,5,7,9-10,12H2,1-2H3/t16-,19-,20-,21+/m0/s1. The summed E-state index contributed by atoms with van der Waals surface area (Å²) >= 11 is 0. The van der Waals surface area contributed by atoms with E-state index in [4.69, 9.17) is 9.47 Å². The van der Waals surface area contributed by atoms with Gasteiger partial charge in [0.1, 0.15) is 5.75 Å². The minimum atomic E-state index is -0.300. The molecule has 6 heteroatoms. The largest absolute Gasteiger partial charge is 0.497 e. The lowest BCUT2D eigenvalue weighted by molar-refractivity contribution is -0.129. The highest BCUT2D eigenvalue weighted by Crippen LogP contribution is 2.81. The van der Waals surface area contributed by atoms with Gasteiger partial charge in [0.2, 0.25) is 5.91 Å². The Hall–Kier alpha value is -2.50. The Morgan fingerprint density at radius 3 is 2.89 bits per heavy atom. The normalized spacial score (nSPS) is 39.5. The van der Waals surface area contributed by atoms with E-state index >= 15 is 0 Å². The van der Waals surface area contributed by atoms with Crippen LogP contribution >= 0.6 is 0 Å². The fourth-order valence-corrected chi connectivity index (χ4v) is 7.15. The Morgan fingerprint density at radius 1 is 1.26 bits per heavy atom. The molecule has 2 bridgehead atoms. The van der Waals surface area contributed by atoms with Crippen LogP contribution in [0.15, 0.2) is 30.4 Å². The van der Waals surface area contributed by atoms with E-state index in [1.165, 1.54) is 12.7 Å². The quantitative estimate of drug-likeness (QED) is 0.767. The molecule has 0 unspecified atom stereocenters. The first-order valence-corrected chi connectivity index (χ1v) is 9.62. The van der Waals surface area contributed by atoms with Crippen LogP contribution in [-0.4, -0.2) is 48.7 Å². The highest BCUT2D eigenvalue weighted by molar-refractivity contribution is 5.98. The van der Waals surface area contributed by atoms with Gasteiger partial charge in [-0.05, 0) is 55.4 Å². The monoisotopic (exact) mass is 366 g/mol. The van der Waals surface area contributed by atoms with Crippen molar-refractivity contribution in [2.45, 2.75) is 42.2 Å². The van der Waals surface area contributed by atoms with Crippen molar-refractivity contribution in [1.82, 2.24) is 4.90 Å². The van der Waals surface area contributed by atoms with E-state index in [9.17, 15) is 9.59 Å². The maximum atomic E-state index is 12.9. The Kier molecular flexibility index (Phi) is 2.58. The van der Waals surface area contributed by atoms with Crippen LogP contribution in [0, 0.1) is 5.92 Å². The Labute approximate surface area is 157 Å². The SMILES string of the molecule is COC(=O)N1c2ccc(OC)cc2[C@]23C[C@]45C=CC(=O)N4CC[C@]12[C@H]3CC5. The predicted octanol–water partition coefficient (Wildman–Crippen LogP) is 2.61. The van der Waals surface area contributed by atoms with Crippen LogP contribution in [0.4, 0.5) is 10.5 Å². The second-order valence-corrected chi connectivity index (χ2v) is 8.53. The molecule has 2 amide bonds. The van der Waals surface area contributed by atoms with E-state index in [2.05, 4.69) is 12.1 Å². The van der Waals surface area contributed by atoms with Crippen LogP contribution in [0.1, 0.15) is 31.2 Å². The third kappa shape index (κ3) is 1.42. The molecule has 6 nitrogen and oxygen atoms in total. The maximum Gasteiger partial charge on any atom is 0.414 e. The van der Waals surface area contributed by atoms with E-state index in [1.807, 2.05) is 21.9 Å². The molecule has 2 saturated carbocycles. The van der Waals surface area contributed by atoms with Gasteiger partial charge < -0.3 is 14.4 Å². The Morgan fingerprint density at radius 2 is 2.11 bits per heavy atom. The molecule has 2 aliphatic carbocycles. The summed E-state index contributed by atoms with van der Waals surface area (Å²) in [5.41, 5.74) is 1.52. The molecule has 140 valence electrons. The van der Waals surface area contributed by atoms with E-state index in [0.29, 0.717) is 12.5 Å². The number of hydrogen-bond donors (Lipinski definition) is 0. The molecule has 0 aromatic heterocycles. The zero-order valence-corrected chi connectivity index (χ0v) is 15.5. The van der Waals surface area contributed by atoms with Crippen LogP contribution < -0.4 is 9.64 Å². The smallest absolute Gasteiger partial charge is 0.414 e. The molecular formula is C21H22N2O4. The second-order valence-electron chi connectivity index (χ2n) is 8.53. The van der Waals surface area contributed by atoms with E-state index in [1.54, 1.807) is 13.2 Å². The molecule has 3 heterocycles. The summed E-state index contributed by atoms with van der Waals surface area (Å²) in [7, 11) is 3.12. The fourth-order valence-electron chi connectivity index (χ4n) is 7.15. The molecule has 27 heavy (non-hydrogen) atoms. The number of amides is 2. The average molecular weight is 366 g/mol. The van der Waals surface area contributed by atoms with Crippen molar-refractivity contribution in [3.05, 3.63) is 35.9 Å². The van der Waals surface area contributed by atoms with Gasteiger partial charge in [0.25, 0.3) is 0 Å². The highest BCUT2D eigenvalue weighted by atomic mass is 16.5. The van der Waals surface area contributed by atoms with Crippen molar-refractivity contribution in [1.29, 1.82) is 0 Å². The minimum Gasteiger partial charge on any atom is -0.497 e. The molecule has 0 N–H and O–H groups in total. The van der Waals surface area contributed by atoms with Gasteiger partial charge in [-0.3, -0.25) is 9.69 Å². The lowest BCUT2D eigenvalue weighted by Gasteiger charge is -2.44. The molecule has 3 aliphatic heterocycles. The van der Waals surface area contributed by atoms with Crippen molar-refractivity contribution >= 4 is 17.7 Å². The lowest BCUT2D eigenvalue weighted by atomic mass is 9.72. The zero-order valence-electron chi connectivity index (χ0n) is 15.5. The summed E-state index contributed by atoms with van der Waals surface area (Å²) in [6, 6.07) is 6.00.